The Morgan fingerprint density at radius 3 is 2.47 bits per heavy atom. The smallest absolute Gasteiger partial charge is 0.0889 e. The third-order valence-electron chi connectivity index (χ3n) is 2.65. The van der Waals surface area contributed by atoms with Crippen molar-refractivity contribution in [2.75, 3.05) is 6.61 Å². The summed E-state index contributed by atoms with van der Waals surface area (Å²) in [6, 6.07) is 5.92. The molecule has 0 unspecified atom stereocenters. The van der Waals surface area contributed by atoms with Crippen molar-refractivity contribution in [2.45, 2.75) is 19.3 Å². The van der Waals surface area contributed by atoms with E-state index in [2.05, 4.69) is 9.97 Å². The number of hydrogen-bond donors (Lipinski definition) is 1. The first kappa shape index (κ1) is 10.1. The van der Waals surface area contributed by atoms with Crippen molar-refractivity contribution >= 4 is 11.0 Å². The number of rotatable bonds is 2. The number of fused-ring (bicyclic) bond motifs is 1. The average molecular weight is 202 g/mol. The van der Waals surface area contributed by atoms with Crippen molar-refractivity contribution in [3.05, 3.63) is 36.2 Å². The minimum absolute atomic E-state index is 0.124. The summed E-state index contributed by atoms with van der Waals surface area (Å²) in [5.74, 6) is 0. The Labute approximate surface area is 88.8 Å². The van der Waals surface area contributed by atoms with Gasteiger partial charge in [0.05, 0.1) is 17.6 Å². The van der Waals surface area contributed by atoms with E-state index in [4.69, 9.17) is 0 Å². The van der Waals surface area contributed by atoms with E-state index >= 15 is 0 Å². The molecule has 0 radical (unpaired) electrons. The molecular formula is C12H14N2O. The summed E-state index contributed by atoms with van der Waals surface area (Å²) >= 11 is 0. The number of nitrogens with zero attached hydrogens (tertiary/aromatic N) is 2. The van der Waals surface area contributed by atoms with Crippen LogP contribution >= 0.6 is 0 Å². The highest BCUT2D eigenvalue weighted by atomic mass is 16.3. The average Bonchev–Trinajstić information content (AvgIpc) is 2.28. The maximum Gasteiger partial charge on any atom is 0.0889 e. The molecule has 0 aliphatic heterocycles. The molecule has 2 rings (SSSR count). The van der Waals surface area contributed by atoms with Gasteiger partial charge in [0.1, 0.15) is 0 Å². The van der Waals surface area contributed by atoms with Crippen LogP contribution in [0, 0.1) is 0 Å². The summed E-state index contributed by atoms with van der Waals surface area (Å²) in [5.41, 5.74) is 2.61. The summed E-state index contributed by atoms with van der Waals surface area (Å²) in [4.78, 5) is 8.45. The molecule has 0 aliphatic carbocycles. The van der Waals surface area contributed by atoms with Crippen molar-refractivity contribution < 1.29 is 5.11 Å². The van der Waals surface area contributed by atoms with E-state index < -0.39 is 0 Å². The number of benzene rings is 1. The van der Waals surface area contributed by atoms with Crippen molar-refractivity contribution in [1.82, 2.24) is 9.97 Å². The Kier molecular flexibility index (Phi) is 2.40. The van der Waals surface area contributed by atoms with Crippen molar-refractivity contribution in [3.8, 4) is 0 Å². The fourth-order valence-corrected chi connectivity index (χ4v) is 1.48. The lowest BCUT2D eigenvalue weighted by molar-refractivity contribution is 0.218. The SMILES string of the molecule is CC(C)(CO)c1ccc2nccnc2c1. The molecule has 3 nitrogen and oxygen atoms in total. The lowest BCUT2D eigenvalue weighted by Crippen LogP contribution is -2.21. The minimum Gasteiger partial charge on any atom is -0.395 e. The van der Waals surface area contributed by atoms with Crippen LogP contribution in [0.1, 0.15) is 19.4 Å². The Morgan fingerprint density at radius 1 is 1.13 bits per heavy atom. The standard InChI is InChI=1S/C12H14N2O/c1-12(2,8-15)9-3-4-10-11(7-9)14-6-5-13-10/h3-7,15H,8H2,1-2H3. The van der Waals surface area contributed by atoms with Gasteiger partial charge in [0.25, 0.3) is 0 Å². The van der Waals surface area contributed by atoms with E-state index in [1.165, 1.54) is 0 Å². The van der Waals surface area contributed by atoms with E-state index in [0.717, 1.165) is 16.6 Å². The molecule has 0 aliphatic rings. The monoisotopic (exact) mass is 202 g/mol. The highest BCUT2D eigenvalue weighted by molar-refractivity contribution is 5.74. The molecule has 0 saturated carbocycles. The van der Waals surface area contributed by atoms with Crippen LogP contribution in [0.4, 0.5) is 0 Å². The minimum atomic E-state index is -0.230. The van der Waals surface area contributed by atoms with Gasteiger partial charge in [-0.05, 0) is 17.7 Å². The summed E-state index contributed by atoms with van der Waals surface area (Å²) in [7, 11) is 0. The molecular weight excluding hydrogens is 188 g/mol. The van der Waals surface area contributed by atoms with Crippen molar-refractivity contribution in [2.24, 2.45) is 0 Å². The first-order chi connectivity index (χ1) is 7.13. The van der Waals surface area contributed by atoms with Crippen LogP contribution in [0.2, 0.25) is 0 Å². The molecule has 78 valence electrons. The molecule has 0 saturated heterocycles. The first-order valence-corrected chi connectivity index (χ1v) is 4.95. The topological polar surface area (TPSA) is 46.0 Å². The molecule has 0 bridgehead atoms. The van der Waals surface area contributed by atoms with Crippen LogP contribution in [0.15, 0.2) is 30.6 Å². The van der Waals surface area contributed by atoms with E-state index in [9.17, 15) is 5.11 Å². The van der Waals surface area contributed by atoms with Crippen molar-refractivity contribution in [3.63, 3.8) is 0 Å². The molecule has 3 heteroatoms. The van der Waals surface area contributed by atoms with Gasteiger partial charge in [0.15, 0.2) is 0 Å². The van der Waals surface area contributed by atoms with Crippen LogP contribution in [-0.4, -0.2) is 21.7 Å². The molecule has 0 spiro atoms. The Bertz CT molecular complexity index is 480. The molecule has 1 N–H and O–H groups in total. The van der Waals surface area contributed by atoms with Gasteiger partial charge in [-0.15, -0.1) is 0 Å². The predicted octanol–water partition coefficient (Wildman–Crippen LogP) is 1.90. The van der Waals surface area contributed by atoms with E-state index in [0.29, 0.717) is 0 Å². The van der Waals surface area contributed by atoms with Gasteiger partial charge in [0.2, 0.25) is 0 Å². The van der Waals surface area contributed by atoms with Gasteiger partial charge < -0.3 is 5.11 Å². The van der Waals surface area contributed by atoms with E-state index in [1.54, 1.807) is 12.4 Å². The third-order valence-corrected chi connectivity index (χ3v) is 2.65. The zero-order valence-electron chi connectivity index (χ0n) is 8.94. The zero-order chi connectivity index (χ0) is 10.9. The van der Waals surface area contributed by atoms with Crippen LogP contribution in [-0.2, 0) is 5.41 Å². The van der Waals surface area contributed by atoms with Crippen LogP contribution in [0.25, 0.3) is 11.0 Å². The molecule has 0 fully saturated rings. The number of aromatic nitrogens is 2. The van der Waals surface area contributed by atoms with E-state index in [1.807, 2.05) is 32.0 Å². The second kappa shape index (κ2) is 3.59. The highest BCUT2D eigenvalue weighted by Gasteiger charge is 2.19. The molecule has 2 aromatic rings. The van der Waals surface area contributed by atoms with Gasteiger partial charge in [0, 0.05) is 17.8 Å². The third kappa shape index (κ3) is 1.83. The summed E-state index contributed by atoms with van der Waals surface area (Å²) < 4.78 is 0. The van der Waals surface area contributed by atoms with Gasteiger partial charge >= 0.3 is 0 Å². The van der Waals surface area contributed by atoms with Gasteiger partial charge in [-0.3, -0.25) is 9.97 Å². The number of aliphatic hydroxyl groups excluding tert-OH is 1. The largest absolute Gasteiger partial charge is 0.395 e. The summed E-state index contributed by atoms with van der Waals surface area (Å²) in [6.45, 7) is 4.13. The molecule has 0 atom stereocenters. The quantitative estimate of drug-likeness (QED) is 0.809. The molecule has 0 amide bonds. The van der Waals surface area contributed by atoms with Gasteiger partial charge in [-0.1, -0.05) is 19.9 Å². The highest BCUT2D eigenvalue weighted by Crippen LogP contribution is 2.24. The fourth-order valence-electron chi connectivity index (χ4n) is 1.48. The van der Waals surface area contributed by atoms with Crippen molar-refractivity contribution in [1.29, 1.82) is 0 Å². The lowest BCUT2D eigenvalue weighted by Gasteiger charge is -2.22. The molecule has 15 heavy (non-hydrogen) atoms. The zero-order valence-corrected chi connectivity index (χ0v) is 8.94. The second-order valence-corrected chi connectivity index (χ2v) is 4.30. The Hall–Kier alpha value is -1.48. The summed E-state index contributed by atoms with van der Waals surface area (Å²) in [6.07, 6.45) is 3.36. The normalized spacial score (nSPS) is 11.9. The van der Waals surface area contributed by atoms with E-state index in [-0.39, 0.29) is 12.0 Å². The first-order valence-electron chi connectivity index (χ1n) is 4.95. The maximum atomic E-state index is 9.28. The Morgan fingerprint density at radius 2 is 1.80 bits per heavy atom. The number of aliphatic hydroxyl groups is 1. The molecule has 1 aromatic heterocycles. The lowest BCUT2D eigenvalue weighted by atomic mass is 9.85. The van der Waals surface area contributed by atoms with Crippen LogP contribution in [0.3, 0.4) is 0 Å². The van der Waals surface area contributed by atoms with Gasteiger partial charge in [-0.25, -0.2) is 0 Å². The van der Waals surface area contributed by atoms with Gasteiger partial charge in [-0.2, -0.15) is 0 Å². The fraction of sp³-hybridized carbons (Fsp3) is 0.333. The second-order valence-electron chi connectivity index (χ2n) is 4.30. The van der Waals surface area contributed by atoms with Crippen LogP contribution in [0.5, 0.6) is 0 Å². The number of hydrogen-bond acceptors (Lipinski definition) is 3. The Balaban J connectivity index is 2.56. The summed E-state index contributed by atoms with van der Waals surface area (Å²) in [5, 5.41) is 9.28. The maximum absolute atomic E-state index is 9.28. The molecule has 1 aromatic carbocycles. The predicted molar refractivity (Wildman–Crippen MR) is 59.6 cm³/mol. The van der Waals surface area contributed by atoms with Crippen LogP contribution < -0.4 is 0 Å². The molecule has 1 heterocycles.